The summed E-state index contributed by atoms with van der Waals surface area (Å²) in [6.45, 7) is 5.78. The summed E-state index contributed by atoms with van der Waals surface area (Å²) in [6, 6.07) is 4.76. The van der Waals surface area contributed by atoms with Crippen LogP contribution in [0.4, 0.5) is 0 Å². The third-order valence-corrected chi connectivity index (χ3v) is 2.16. The molecule has 0 atom stereocenters. The molecular formula is C13H18O4. The van der Waals surface area contributed by atoms with E-state index < -0.39 is 5.41 Å². The number of hydrogen-bond donors (Lipinski definition) is 0. The molecule has 94 valence electrons. The highest BCUT2D eigenvalue weighted by molar-refractivity contribution is 5.75. The number of aryl methyl sites for hydroxylation is 1. The lowest BCUT2D eigenvalue weighted by Gasteiger charge is -2.16. The monoisotopic (exact) mass is 238 g/mol. The maximum absolute atomic E-state index is 11.4. The largest absolute Gasteiger partial charge is 0.465 e. The van der Waals surface area contributed by atoms with Gasteiger partial charge in [-0.2, -0.15) is 0 Å². The molecule has 4 nitrogen and oxygen atoms in total. The summed E-state index contributed by atoms with van der Waals surface area (Å²) >= 11 is 0. The molecule has 0 radical (unpaired) electrons. The molecule has 0 unspecified atom stereocenters. The molecule has 17 heavy (non-hydrogen) atoms. The Morgan fingerprint density at radius 1 is 1.35 bits per heavy atom. The van der Waals surface area contributed by atoms with Crippen LogP contribution in [-0.4, -0.2) is 12.6 Å². The fourth-order valence-electron chi connectivity index (χ4n) is 1.19. The lowest BCUT2D eigenvalue weighted by atomic mass is 9.97. The van der Waals surface area contributed by atoms with E-state index in [1.807, 2.05) is 20.8 Å². The van der Waals surface area contributed by atoms with E-state index in [1.54, 1.807) is 12.1 Å². The third kappa shape index (κ3) is 4.85. The second-order valence-corrected chi connectivity index (χ2v) is 4.90. The van der Waals surface area contributed by atoms with E-state index in [2.05, 4.69) is 0 Å². The minimum Gasteiger partial charge on any atom is -0.465 e. The van der Waals surface area contributed by atoms with E-state index in [0.29, 0.717) is 25.2 Å². The van der Waals surface area contributed by atoms with Gasteiger partial charge in [0.05, 0.1) is 12.0 Å². The zero-order valence-electron chi connectivity index (χ0n) is 10.5. The summed E-state index contributed by atoms with van der Waals surface area (Å²) in [6.07, 6.45) is 1.24. The van der Waals surface area contributed by atoms with Crippen LogP contribution < -0.4 is 5.63 Å². The second-order valence-electron chi connectivity index (χ2n) is 4.90. The molecule has 0 saturated carbocycles. The fourth-order valence-corrected chi connectivity index (χ4v) is 1.19. The molecule has 0 aliphatic heterocycles. The summed E-state index contributed by atoms with van der Waals surface area (Å²) < 4.78 is 10.1. The molecule has 0 N–H and O–H groups in total. The van der Waals surface area contributed by atoms with Crippen molar-refractivity contribution in [1.82, 2.24) is 0 Å². The number of ether oxygens (including phenoxy) is 1. The molecule has 0 bridgehead atoms. The van der Waals surface area contributed by atoms with Crippen LogP contribution in [-0.2, 0) is 16.0 Å². The topological polar surface area (TPSA) is 56.5 Å². The van der Waals surface area contributed by atoms with Gasteiger partial charge in [-0.3, -0.25) is 4.79 Å². The van der Waals surface area contributed by atoms with E-state index in [1.165, 1.54) is 6.07 Å². The number of carbonyl (C=O) groups excluding carboxylic acids is 1. The minimum atomic E-state index is -0.473. The van der Waals surface area contributed by atoms with Crippen molar-refractivity contribution < 1.29 is 13.9 Å². The van der Waals surface area contributed by atoms with Crippen molar-refractivity contribution in [1.29, 1.82) is 0 Å². The van der Waals surface area contributed by atoms with Crippen molar-refractivity contribution in [2.75, 3.05) is 6.61 Å². The van der Waals surface area contributed by atoms with Crippen LogP contribution in [0.2, 0.25) is 0 Å². The van der Waals surface area contributed by atoms with Gasteiger partial charge < -0.3 is 9.15 Å². The molecule has 1 heterocycles. The Kier molecular flexibility index (Phi) is 4.49. The molecule has 0 aliphatic carbocycles. The summed E-state index contributed by atoms with van der Waals surface area (Å²) in [5, 5.41) is 0. The molecule has 0 spiro atoms. The molecule has 0 aromatic carbocycles. The van der Waals surface area contributed by atoms with Crippen molar-refractivity contribution in [3.8, 4) is 0 Å². The van der Waals surface area contributed by atoms with Crippen LogP contribution >= 0.6 is 0 Å². The highest BCUT2D eigenvalue weighted by atomic mass is 16.5. The standard InChI is InChI=1S/C13H18O4/c1-13(2,3)12(15)16-9-5-7-10-6-4-8-11(14)17-10/h4,6,8H,5,7,9H2,1-3H3. The predicted molar refractivity (Wildman–Crippen MR) is 63.7 cm³/mol. The first-order valence-corrected chi connectivity index (χ1v) is 5.66. The van der Waals surface area contributed by atoms with Gasteiger partial charge in [0.2, 0.25) is 0 Å². The Morgan fingerprint density at radius 3 is 2.65 bits per heavy atom. The maximum Gasteiger partial charge on any atom is 0.335 e. The van der Waals surface area contributed by atoms with Crippen molar-refractivity contribution in [2.24, 2.45) is 5.41 Å². The van der Waals surface area contributed by atoms with Gasteiger partial charge in [0.1, 0.15) is 5.76 Å². The number of hydrogen-bond acceptors (Lipinski definition) is 4. The first-order chi connectivity index (χ1) is 7.89. The smallest absolute Gasteiger partial charge is 0.335 e. The van der Waals surface area contributed by atoms with E-state index in [4.69, 9.17) is 9.15 Å². The average molecular weight is 238 g/mol. The normalized spacial score (nSPS) is 11.2. The Hall–Kier alpha value is -1.58. The Balaban J connectivity index is 2.30. The molecule has 0 amide bonds. The summed E-state index contributed by atoms with van der Waals surface area (Å²) in [5.41, 5.74) is -0.826. The van der Waals surface area contributed by atoms with Crippen molar-refractivity contribution in [2.45, 2.75) is 33.6 Å². The molecule has 0 fully saturated rings. The fraction of sp³-hybridized carbons (Fsp3) is 0.538. The first kappa shape index (κ1) is 13.5. The van der Waals surface area contributed by atoms with E-state index in [-0.39, 0.29) is 11.6 Å². The van der Waals surface area contributed by atoms with E-state index >= 15 is 0 Å². The minimum absolute atomic E-state index is 0.216. The molecule has 4 heteroatoms. The van der Waals surface area contributed by atoms with Crippen LogP contribution in [0.5, 0.6) is 0 Å². The lowest BCUT2D eigenvalue weighted by Crippen LogP contribution is -2.23. The van der Waals surface area contributed by atoms with Gasteiger partial charge in [0.25, 0.3) is 0 Å². The maximum atomic E-state index is 11.4. The SMILES string of the molecule is CC(C)(C)C(=O)OCCCc1cccc(=O)o1. The van der Waals surface area contributed by atoms with Gasteiger partial charge in [-0.05, 0) is 33.3 Å². The number of rotatable bonds is 4. The van der Waals surface area contributed by atoms with Crippen molar-refractivity contribution >= 4 is 5.97 Å². The van der Waals surface area contributed by atoms with Gasteiger partial charge in [-0.1, -0.05) is 6.07 Å². The third-order valence-electron chi connectivity index (χ3n) is 2.16. The van der Waals surface area contributed by atoms with Crippen molar-refractivity contribution in [3.05, 3.63) is 34.4 Å². The van der Waals surface area contributed by atoms with E-state index in [0.717, 1.165) is 0 Å². The predicted octanol–water partition coefficient (Wildman–Crippen LogP) is 2.16. The highest BCUT2D eigenvalue weighted by Gasteiger charge is 2.22. The van der Waals surface area contributed by atoms with E-state index in [9.17, 15) is 9.59 Å². The van der Waals surface area contributed by atoms with Gasteiger partial charge in [0, 0.05) is 12.5 Å². The highest BCUT2D eigenvalue weighted by Crippen LogP contribution is 2.15. The molecule has 0 saturated heterocycles. The summed E-state index contributed by atoms with van der Waals surface area (Å²) in [4.78, 5) is 22.3. The molecule has 1 aromatic rings. The van der Waals surface area contributed by atoms with Crippen LogP contribution in [0.3, 0.4) is 0 Å². The molecule has 1 aromatic heterocycles. The molecule has 0 aliphatic rings. The first-order valence-electron chi connectivity index (χ1n) is 5.66. The van der Waals surface area contributed by atoms with Gasteiger partial charge in [-0.15, -0.1) is 0 Å². The van der Waals surface area contributed by atoms with Crippen LogP contribution in [0.25, 0.3) is 0 Å². The lowest BCUT2D eigenvalue weighted by molar-refractivity contribution is -0.153. The Morgan fingerprint density at radius 2 is 2.06 bits per heavy atom. The summed E-state index contributed by atoms with van der Waals surface area (Å²) in [7, 11) is 0. The van der Waals surface area contributed by atoms with Crippen molar-refractivity contribution in [3.63, 3.8) is 0 Å². The van der Waals surface area contributed by atoms with Gasteiger partial charge >= 0.3 is 11.6 Å². The zero-order chi connectivity index (χ0) is 12.9. The van der Waals surface area contributed by atoms with Crippen LogP contribution in [0, 0.1) is 5.41 Å². The van der Waals surface area contributed by atoms with Gasteiger partial charge in [-0.25, -0.2) is 4.79 Å². The number of carbonyl (C=O) groups is 1. The molecule has 1 rings (SSSR count). The average Bonchev–Trinajstić information content (AvgIpc) is 2.23. The quantitative estimate of drug-likeness (QED) is 0.595. The Bertz CT molecular complexity index is 426. The molecular weight excluding hydrogens is 220 g/mol. The second kappa shape index (κ2) is 5.66. The summed E-state index contributed by atoms with van der Waals surface area (Å²) in [5.74, 6) is 0.399. The zero-order valence-corrected chi connectivity index (χ0v) is 10.5. The van der Waals surface area contributed by atoms with Gasteiger partial charge in [0.15, 0.2) is 0 Å². The van der Waals surface area contributed by atoms with Crippen LogP contribution in [0.1, 0.15) is 33.0 Å². The Labute approximate surface area is 101 Å². The number of esters is 1. The van der Waals surface area contributed by atoms with Crippen LogP contribution in [0.15, 0.2) is 27.4 Å².